The second-order valence-electron chi connectivity index (χ2n) is 2.75. The fourth-order valence-corrected chi connectivity index (χ4v) is 1.55. The smallest absolute Gasteiger partial charge is 0.0878 e. The van der Waals surface area contributed by atoms with Crippen LogP contribution in [0, 0.1) is 6.92 Å². The maximum atomic E-state index is 6.03. The molecule has 3 nitrogen and oxygen atoms in total. The molecular weight excluding hydrogens is 186 g/mol. The summed E-state index contributed by atoms with van der Waals surface area (Å²) < 4.78 is 1.66. The Labute approximate surface area is 81.0 Å². The lowest BCUT2D eigenvalue weighted by molar-refractivity contribution is 0.799. The van der Waals surface area contributed by atoms with Crippen molar-refractivity contribution in [1.29, 1.82) is 0 Å². The van der Waals surface area contributed by atoms with Crippen molar-refractivity contribution in [3.05, 3.63) is 41.2 Å². The first-order chi connectivity index (χ1) is 6.29. The second-order valence-corrected chi connectivity index (χ2v) is 3.16. The van der Waals surface area contributed by atoms with Crippen molar-refractivity contribution < 1.29 is 0 Å². The number of aryl methyl sites for hydroxylation is 1. The maximum absolute atomic E-state index is 6.03. The summed E-state index contributed by atoms with van der Waals surface area (Å²) in [5.74, 6) is 0. The van der Waals surface area contributed by atoms with Crippen LogP contribution in [0.2, 0.25) is 5.02 Å². The molecule has 0 atom stereocenters. The van der Waals surface area contributed by atoms with Gasteiger partial charge in [-0.1, -0.05) is 28.9 Å². The number of halogens is 1. The molecule has 66 valence electrons. The van der Waals surface area contributed by atoms with Crippen LogP contribution in [0.15, 0.2) is 30.6 Å². The zero-order chi connectivity index (χ0) is 9.26. The summed E-state index contributed by atoms with van der Waals surface area (Å²) in [5.41, 5.74) is 1.97. The summed E-state index contributed by atoms with van der Waals surface area (Å²) in [5, 5.41) is 8.31. The number of hydrogen-bond donors (Lipinski definition) is 0. The molecule has 0 aliphatic carbocycles. The number of aromatic nitrogens is 3. The fraction of sp³-hybridized carbons (Fsp3) is 0.111. The first-order valence-electron chi connectivity index (χ1n) is 3.91. The largest absolute Gasteiger partial charge is 0.219 e. The summed E-state index contributed by atoms with van der Waals surface area (Å²) in [6.07, 6.45) is 3.40. The Morgan fingerprint density at radius 3 is 2.85 bits per heavy atom. The van der Waals surface area contributed by atoms with E-state index in [4.69, 9.17) is 11.6 Å². The summed E-state index contributed by atoms with van der Waals surface area (Å²) >= 11 is 6.03. The van der Waals surface area contributed by atoms with E-state index in [1.807, 2.05) is 25.1 Å². The van der Waals surface area contributed by atoms with E-state index >= 15 is 0 Å². The zero-order valence-corrected chi connectivity index (χ0v) is 7.86. The minimum Gasteiger partial charge on any atom is -0.219 e. The molecular formula is C9H8ClN3. The van der Waals surface area contributed by atoms with E-state index in [-0.39, 0.29) is 0 Å². The van der Waals surface area contributed by atoms with Crippen LogP contribution in [0.3, 0.4) is 0 Å². The molecule has 0 spiro atoms. The molecule has 0 saturated heterocycles. The van der Waals surface area contributed by atoms with Gasteiger partial charge in [0.15, 0.2) is 0 Å². The molecule has 4 heteroatoms. The quantitative estimate of drug-likeness (QED) is 0.696. The van der Waals surface area contributed by atoms with E-state index in [1.165, 1.54) is 0 Å². The van der Waals surface area contributed by atoms with Gasteiger partial charge in [-0.15, -0.1) is 5.10 Å². The summed E-state index contributed by atoms with van der Waals surface area (Å²) in [6.45, 7) is 1.99. The fourth-order valence-electron chi connectivity index (χ4n) is 1.24. The minimum absolute atomic E-state index is 0.686. The van der Waals surface area contributed by atoms with Crippen LogP contribution >= 0.6 is 11.6 Å². The van der Waals surface area contributed by atoms with E-state index in [0.29, 0.717) is 5.02 Å². The van der Waals surface area contributed by atoms with Crippen LogP contribution in [0.25, 0.3) is 5.69 Å². The van der Waals surface area contributed by atoms with Gasteiger partial charge in [0.1, 0.15) is 0 Å². The van der Waals surface area contributed by atoms with Crippen molar-refractivity contribution in [2.24, 2.45) is 0 Å². The minimum atomic E-state index is 0.686. The average Bonchev–Trinajstić information content (AvgIpc) is 2.57. The topological polar surface area (TPSA) is 30.7 Å². The summed E-state index contributed by atoms with van der Waals surface area (Å²) in [4.78, 5) is 0. The molecule has 2 rings (SSSR count). The summed E-state index contributed by atoms with van der Waals surface area (Å²) in [7, 11) is 0. The molecule has 0 unspecified atom stereocenters. The molecule has 0 aliphatic rings. The van der Waals surface area contributed by atoms with Gasteiger partial charge in [-0.05, 0) is 18.6 Å². The second kappa shape index (κ2) is 3.18. The zero-order valence-electron chi connectivity index (χ0n) is 7.11. The third-order valence-electron chi connectivity index (χ3n) is 1.84. The van der Waals surface area contributed by atoms with Crippen LogP contribution in [0.5, 0.6) is 0 Å². The molecule has 0 N–H and O–H groups in total. The maximum Gasteiger partial charge on any atom is 0.0878 e. The Bertz CT molecular complexity index is 389. The van der Waals surface area contributed by atoms with Gasteiger partial charge < -0.3 is 0 Å². The van der Waals surface area contributed by atoms with E-state index in [9.17, 15) is 0 Å². The SMILES string of the molecule is Cc1cccc(Cl)c1-n1ccnn1. The Balaban J connectivity index is 2.64. The highest BCUT2D eigenvalue weighted by atomic mass is 35.5. The van der Waals surface area contributed by atoms with Gasteiger partial charge in [-0.3, -0.25) is 0 Å². The highest BCUT2D eigenvalue weighted by Gasteiger charge is 2.05. The third-order valence-corrected chi connectivity index (χ3v) is 2.15. The van der Waals surface area contributed by atoms with Crippen molar-refractivity contribution in [1.82, 2.24) is 15.0 Å². The molecule has 1 aromatic carbocycles. The van der Waals surface area contributed by atoms with E-state index < -0.39 is 0 Å². The van der Waals surface area contributed by atoms with Crippen LogP contribution < -0.4 is 0 Å². The van der Waals surface area contributed by atoms with Gasteiger partial charge in [0, 0.05) is 0 Å². The number of para-hydroxylation sites is 1. The van der Waals surface area contributed by atoms with Gasteiger partial charge >= 0.3 is 0 Å². The molecule has 0 amide bonds. The Morgan fingerprint density at radius 1 is 1.38 bits per heavy atom. The molecule has 0 fully saturated rings. The lowest BCUT2D eigenvalue weighted by Crippen LogP contribution is -1.98. The number of benzene rings is 1. The van der Waals surface area contributed by atoms with Crippen molar-refractivity contribution in [2.75, 3.05) is 0 Å². The molecule has 0 bridgehead atoms. The van der Waals surface area contributed by atoms with E-state index in [1.54, 1.807) is 17.1 Å². The first kappa shape index (κ1) is 8.26. The van der Waals surface area contributed by atoms with Crippen molar-refractivity contribution in [3.8, 4) is 5.69 Å². The van der Waals surface area contributed by atoms with Crippen molar-refractivity contribution >= 4 is 11.6 Å². The van der Waals surface area contributed by atoms with Crippen molar-refractivity contribution in [2.45, 2.75) is 6.92 Å². The monoisotopic (exact) mass is 193 g/mol. The predicted octanol–water partition coefficient (Wildman–Crippen LogP) is 2.23. The molecule has 1 heterocycles. The summed E-state index contributed by atoms with van der Waals surface area (Å²) in [6, 6.07) is 5.74. The standard InChI is InChI=1S/C9H8ClN3/c1-7-3-2-4-8(10)9(7)13-6-5-11-12-13/h2-6H,1H3. The van der Waals surface area contributed by atoms with Crippen LogP contribution in [0.4, 0.5) is 0 Å². The first-order valence-corrected chi connectivity index (χ1v) is 4.28. The number of hydrogen-bond acceptors (Lipinski definition) is 2. The van der Waals surface area contributed by atoms with E-state index in [0.717, 1.165) is 11.3 Å². The Morgan fingerprint density at radius 2 is 2.23 bits per heavy atom. The van der Waals surface area contributed by atoms with Gasteiger partial charge in [-0.25, -0.2) is 4.68 Å². The molecule has 0 radical (unpaired) electrons. The van der Waals surface area contributed by atoms with Crippen LogP contribution in [-0.4, -0.2) is 15.0 Å². The number of rotatable bonds is 1. The predicted molar refractivity (Wildman–Crippen MR) is 51.1 cm³/mol. The lowest BCUT2D eigenvalue weighted by Gasteiger charge is -2.06. The normalized spacial score (nSPS) is 10.3. The Kier molecular flexibility index (Phi) is 2.02. The highest BCUT2D eigenvalue weighted by molar-refractivity contribution is 6.32. The lowest BCUT2D eigenvalue weighted by atomic mass is 10.2. The number of nitrogens with zero attached hydrogens (tertiary/aromatic N) is 3. The third kappa shape index (κ3) is 1.42. The average molecular weight is 194 g/mol. The molecule has 0 aliphatic heterocycles. The molecule has 1 aromatic heterocycles. The van der Waals surface area contributed by atoms with Gasteiger partial charge in [0.2, 0.25) is 0 Å². The Hall–Kier alpha value is -1.35. The van der Waals surface area contributed by atoms with Crippen molar-refractivity contribution in [3.63, 3.8) is 0 Å². The highest BCUT2D eigenvalue weighted by Crippen LogP contribution is 2.22. The van der Waals surface area contributed by atoms with Crippen LogP contribution in [-0.2, 0) is 0 Å². The van der Waals surface area contributed by atoms with Gasteiger partial charge in [-0.2, -0.15) is 0 Å². The van der Waals surface area contributed by atoms with E-state index in [2.05, 4.69) is 10.3 Å². The molecule has 0 saturated carbocycles. The molecule has 2 aromatic rings. The van der Waals surface area contributed by atoms with Gasteiger partial charge in [0.25, 0.3) is 0 Å². The van der Waals surface area contributed by atoms with Gasteiger partial charge in [0.05, 0.1) is 23.1 Å². The van der Waals surface area contributed by atoms with Crippen LogP contribution in [0.1, 0.15) is 5.56 Å². The molecule has 13 heavy (non-hydrogen) atoms.